The van der Waals surface area contributed by atoms with Crippen molar-refractivity contribution in [2.24, 2.45) is 0 Å². The number of thiazole rings is 1. The summed E-state index contributed by atoms with van der Waals surface area (Å²) in [4.78, 5) is 18.6. The van der Waals surface area contributed by atoms with E-state index in [9.17, 15) is 9.90 Å². The molecule has 0 saturated heterocycles. The molecule has 2 heterocycles. The lowest BCUT2D eigenvalue weighted by Gasteiger charge is -2.12. The molecule has 0 amide bonds. The van der Waals surface area contributed by atoms with Crippen LogP contribution in [-0.2, 0) is 13.1 Å². The van der Waals surface area contributed by atoms with Gasteiger partial charge in [-0.05, 0) is 24.0 Å². The fourth-order valence-corrected chi connectivity index (χ4v) is 3.70. The fourth-order valence-electron chi connectivity index (χ4n) is 2.71. The van der Waals surface area contributed by atoms with E-state index in [2.05, 4.69) is 22.0 Å². The third-order valence-electron chi connectivity index (χ3n) is 3.91. The lowest BCUT2D eigenvalue weighted by Crippen LogP contribution is -2.14. The molecule has 4 nitrogen and oxygen atoms in total. The third-order valence-corrected chi connectivity index (χ3v) is 5.03. The molecule has 1 aromatic carbocycles. The molecule has 5 heteroatoms. The summed E-state index contributed by atoms with van der Waals surface area (Å²) in [5.74, 6) is -0.469. The second-order valence-corrected chi connectivity index (χ2v) is 6.39. The summed E-state index contributed by atoms with van der Waals surface area (Å²) >= 11 is 1.32. The first kappa shape index (κ1) is 11.9. The van der Waals surface area contributed by atoms with E-state index >= 15 is 0 Å². The summed E-state index contributed by atoms with van der Waals surface area (Å²) in [7, 11) is 0. The normalized spacial score (nSPS) is 17.3. The number of carbonyl (C=O) groups is 1. The number of aromatic nitrogens is 1. The highest BCUT2D eigenvalue weighted by molar-refractivity contribution is 7.17. The summed E-state index contributed by atoms with van der Waals surface area (Å²) in [6.45, 7) is 1.65. The number of rotatable bonds is 3. The van der Waals surface area contributed by atoms with Gasteiger partial charge in [0.25, 0.3) is 0 Å². The molecule has 1 fully saturated rings. The number of carboxylic acids is 1. The minimum Gasteiger partial charge on any atom is -0.477 e. The maximum Gasteiger partial charge on any atom is 0.347 e. The van der Waals surface area contributed by atoms with Crippen molar-refractivity contribution < 1.29 is 9.90 Å². The van der Waals surface area contributed by atoms with E-state index in [0.29, 0.717) is 10.8 Å². The van der Waals surface area contributed by atoms with Crippen molar-refractivity contribution in [1.29, 1.82) is 0 Å². The van der Waals surface area contributed by atoms with Gasteiger partial charge in [-0.25, -0.2) is 9.78 Å². The fraction of sp³-hybridized carbons (Fsp3) is 0.333. The number of aromatic carboxylic acids is 1. The number of anilines is 1. The number of nitrogens with zero attached hydrogens (tertiary/aromatic N) is 2. The van der Waals surface area contributed by atoms with E-state index < -0.39 is 5.97 Å². The van der Waals surface area contributed by atoms with Gasteiger partial charge in [-0.15, -0.1) is 0 Å². The van der Waals surface area contributed by atoms with Crippen LogP contribution in [0.3, 0.4) is 0 Å². The second-order valence-electron chi connectivity index (χ2n) is 5.42. The molecule has 0 bridgehead atoms. The number of hydrogen-bond acceptors (Lipinski definition) is 4. The smallest absolute Gasteiger partial charge is 0.347 e. The quantitative estimate of drug-likeness (QED) is 0.941. The van der Waals surface area contributed by atoms with Gasteiger partial charge in [0.05, 0.1) is 5.69 Å². The van der Waals surface area contributed by atoms with Gasteiger partial charge in [-0.3, -0.25) is 0 Å². The number of fused-ring (bicyclic) bond motifs is 1. The molecule has 2 aromatic rings. The van der Waals surface area contributed by atoms with E-state index in [-0.39, 0.29) is 0 Å². The molecule has 1 aliphatic heterocycles. The van der Waals surface area contributed by atoms with Gasteiger partial charge in [0.15, 0.2) is 5.13 Å². The largest absolute Gasteiger partial charge is 0.477 e. The van der Waals surface area contributed by atoms with Gasteiger partial charge >= 0.3 is 5.97 Å². The monoisotopic (exact) mass is 286 g/mol. The lowest BCUT2D eigenvalue weighted by atomic mass is 10.1. The Morgan fingerprint density at radius 2 is 1.90 bits per heavy atom. The first-order valence-corrected chi connectivity index (χ1v) is 7.60. The molecule has 0 atom stereocenters. The van der Waals surface area contributed by atoms with Gasteiger partial charge in [0.1, 0.15) is 4.88 Å². The number of benzene rings is 1. The Labute approximate surface area is 120 Å². The molecule has 0 unspecified atom stereocenters. The van der Waals surface area contributed by atoms with Crippen molar-refractivity contribution >= 4 is 22.4 Å². The van der Waals surface area contributed by atoms with Crippen LogP contribution in [0.25, 0.3) is 0 Å². The summed E-state index contributed by atoms with van der Waals surface area (Å²) in [6.07, 6.45) is 2.15. The van der Waals surface area contributed by atoms with Crippen molar-refractivity contribution in [2.75, 3.05) is 4.90 Å². The Bertz CT molecular complexity index is 666. The summed E-state index contributed by atoms with van der Waals surface area (Å²) in [5, 5.41) is 10.2. The van der Waals surface area contributed by atoms with Crippen LogP contribution in [0.2, 0.25) is 0 Å². The molecule has 4 rings (SSSR count). The molecule has 0 spiro atoms. The topological polar surface area (TPSA) is 53.4 Å². The predicted octanol–water partition coefficient (Wildman–Crippen LogP) is 3.24. The Morgan fingerprint density at radius 3 is 2.45 bits per heavy atom. The van der Waals surface area contributed by atoms with Crippen LogP contribution >= 0.6 is 11.3 Å². The van der Waals surface area contributed by atoms with Gasteiger partial charge in [-0.2, -0.15) is 0 Å². The van der Waals surface area contributed by atoms with Crippen molar-refractivity contribution in [2.45, 2.75) is 31.8 Å². The minimum atomic E-state index is -0.840. The van der Waals surface area contributed by atoms with Gasteiger partial charge in [-0.1, -0.05) is 35.6 Å². The van der Waals surface area contributed by atoms with Crippen molar-refractivity contribution in [3.05, 3.63) is 46.0 Å². The Balaban J connectivity index is 1.67. The summed E-state index contributed by atoms with van der Waals surface area (Å²) in [6, 6.07) is 8.34. The second kappa shape index (κ2) is 4.31. The average molecular weight is 286 g/mol. The summed E-state index contributed by atoms with van der Waals surface area (Å²) < 4.78 is 0. The SMILES string of the molecule is O=C(O)c1sc(N2Cc3ccccc3C2)nc1C1CC1. The van der Waals surface area contributed by atoms with E-state index in [1.807, 2.05) is 12.1 Å². The minimum absolute atomic E-state index is 0.371. The molecular formula is C15H14N2O2S. The van der Waals surface area contributed by atoms with Crippen LogP contribution in [0.5, 0.6) is 0 Å². The van der Waals surface area contributed by atoms with Crippen LogP contribution in [0.4, 0.5) is 5.13 Å². The third kappa shape index (κ3) is 1.89. The standard InChI is InChI=1S/C15H14N2O2S/c18-14(19)13-12(9-5-6-9)16-15(20-13)17-7-10-3-1-2-4-11(10)8-17/h1-4,9H,5-8H2,(H,18,19). The molecule has 1 N–H and O–H groups in total. The average Bonchev–Trinajstić information content (AvgIpc) is 3.04. The highest BCUT2D eigenvalue weighted by Crippen LogP contribution is 2.45. The molecule has 1 aliphatic carbocycles. The van der Waals surface area contributed by atoms with Crippen molar-refractivity contribution in [1.82, 2.24) is 4.98 Å². The molecule has 20 heavy (non-hydrogen) atoms. The number of hydrogen-bond donors (Lipinski definition) is 1. The highest BCUT2D eigenvalue weighted by Gasteiger charge is 2.33. The van der Waals surface area contributed by atoms with Crippen molar-refractivity contribution in [3.63, 3.8) is 0 Å². The molecule has 1 saturated carbocycles. The first-order chi connectivity index (χ1) is 9.72. The zero-order valence-corrected chi connectivity index (χ0v) is 11.7. The maximum absolute atomic E-state index is 11.4. The Morgan fingerprint density at radius 1 is 1.25 bits per heavy atom. The lowest BCUT2D eigenvalue weighted by molar-refractivity contribution is 0.0700. The highest BCUT2D eigenvalue weighted by atomic mass is 32.1. The van der Waals surface area contributed by atoms with Crippen molar-refractivity contribution in [3.8, 4) is 0 Å². The van der Waals surface area contributed by atoms with E-state index in [4.69, 9.17) is 0 Å². The van der Waals surface area contributed by atoms with Gasteiger partial charge in [0.2, 0.25) is 0 Å². The van der Waals surface area contributed by atoms with E-state index in [1.54, 1.807) is 0 Å². The van der Waals surface area contributed by atoms with Crippen LogP contribution in [0.15, 0.2) is 24.3 Å². The van der Waals surface area contributed by atoms with Crippen LogP contribution in [0.1, 0.15) is 45.3 Å². The Kier molecular flexibility index (Phi) is 2.57. The van der Waals surface area contributed by atoms with E-state index in [0.717, 1.165) is 36.8 Å². The molecule has 2 aliphatic rings. The number of carboxylic acid groups (broad SMARTS) is 1. The zero-order valence-electron chi connectivity index (χ0n) is 10.9. The molecule has 102 valence electrons. The molecule has 1 aromatic heterocycles. The van der Waals surface area contributed by atoms with Crippen LogP contribution < -0.4 is 4.90 Å². The van der Waals surface area contributed by atoms with Crippen LogP contribution in [-0.4, -0.2) is 16.1 Å². The Hall–Kier alpha value is -1.88. The van der Waals surface area contributed by atoms with Gasteiger partial charge in [0, 0.05) is 19.0 Å². The van der Waals surface area contributed by atoms with Gasteiger partial charge < -0.3 is 10.0 Å². The molecule has 0 radical (unpaired) electrons. The predicted molar refractivity (Wildman–Crippen MR) is 77.4 cm³/mol. The first-order valence-electron chi connectivity index (χ1n) is 6.78. The molecular weight excluding hydrogens is 272 g/mol. The zero-order chi connectivity index (χ0) is 13.7. The van der Waals surface area contributed by atoms with Crippen LogP contribution in [0, 0.1) is 0 Å². The summed E-state index contributed by atoms with van der Waals surface area (Å²) in [5.41, 5.74) is 3.42. The maximum atomic E-state index is 11.4. The van der Waals surface area contributed by atoms with E-state index in [1.165, 1.54) is 22.5 Å².